The molecule has 0 aromatic heterocycles. The van der Waals surface area contributed by atoms with Gasteiger partial charge in [0.15, 0.2) is 6.10 Å². The molecule has 1 aliphatic heterocycles. The van der Waals surface area contributed by atoms with Gasteiger partial charge in [0, 0.05) is 13.1 Å². The quantitative estimate of drug-likeness (QED) is 0.654. The zero-order valence-corrected chi connectivity index (χ0v) is 18.9. The third-order valence-electron chi connectivity index (χ3n) is 5.81. The minimum absolute atomic E-state index is 0.0939. The van der Waals surface area contributed by atoms with Gasteiger partial charge in [-0.15, -0.1) is 0 Å². The lowest BCUT2D eigenvalue weighted by molar-refractivity contribution is -0.127. The molecule has 4 heteroatoms. The van der Waals surface area contributed by atoms with Gasteiger partial charge in [0.1, 0.15) is 5.75 Å². The van der Waals surface area contributed by atoms with Crippen LogP contribution in [0.2, 0.25) is 0 Å². The van der Waals surface area contributed by atoms with Crippen LogP contribution in [0.5, 0.6) is 5.75 Å². The molecule has 1 amide bonds. The van der Waals surface area contributed by atoms with Crippen LogP contribution in [0.4, 0.5) is 0 Å². The van der Waals surface area contributed by atoms with Gasteiger partial charge in [-0.2, -0.15) is 0 Å². The minimum Gasteiger partial charge on any atom is -0.481 e. The number of likely N-dealkylation sites (tertiary alicyclic amines) is 1. The first-order valence-corrected chi connectivity index (χ1v) is 11.3. The molecule has 1 fully saturated rings. The molecular formula is C26H36N2O2. The molecule has 2 aromatic rings. The van der Waals surface area contributed by atoms with Gasteiger partial charge in [-0.1, -0.05) is 56.7 Å². The first kappa shape index (κ1) is 22.4. The van der Waals surface area contributed by atoms with E-state index in [1.165, 1.54) is 37.9 Å². The summed E-state index contributed by atoms with van der Waals surface area (Å²) in [4.78, 5) is 15.1. The second kappa shape index (κ2) is 10.6. The number of hydrogen-bond donors (Lipinski definition) is 1. The maximum atomic E-state index is 12.6. The molecule has 0 aliphatic carbocycles. The third kappa shape index (κ3) is 6.33. The maximum absolute atomic E-state index is 12.6. The highest BCUT2D eigenvalue weighted by Crippen LogP contribution is 2.28. The molecule has 1 N–H and O–H groups in total. The number of aryl methyl sites for hydroxylation is 1. The number of carbonyl (C=O) groups excluding carboxylic acids is 1. The van der Waals surface area contributed by atoms with E-state index in [0.717, 1.165) is 29.0 Å². The summed E-state index contributed by atoms with van der Waals surface area (Å²) in [5.41, 5.74) is 4.71. The number of ether oxygens (including phenoxy) is 1. The van der Waals surface area contributed by atoms with E-state index in [0.29, 0.717) is 12.5 Å². The van der Waals surface area contributed by atoms with Crippen molar-refractivity contribution in [3.63, 3.8) is 0 Å². The number of hydrogen-bond acceptors (Lipinski definition) is 3. The van der Waals surface area contributed by atoms with Crippen molar-refractivity contribution in [2.75, 3.05) is 13.1 Å². The zero-order chi connectivity index (χ0) is 21.5. The molecule has 0 spiro atoms. The van der Waals surface area contributed by atoms with Gasteiger partial charge < -0.3 is 10.1 Å². The van der Waals surface area contributed by atoms with Crippen molar-refractivity contribution in [3.8, 4) is 5.75 Å². The summed E-state index contributed by atoms with van der Waals surface area (Å²) in [7, 11) is 0. The van der Waals surface area contributed by atoms with Crippen molar-refractivity contribution >= 4 is 5.91 Å². The highest BCUT2D eigenvalue weighted by Gasteiger charge is 2.17. The number of rotatable bonds is 8. The van der Waals surface area contributed by atoms with E-state index in [1.54, 1.807) is 0 Å². The molecule has 30 heavy (non-hydrogen) atoms. The molecule has 162 valence electrons. The van der Waals surface area contributed by atoms with Gasteiger partial charge in [0.25, 0.3) is 5.91 Å². The second-order valence-electron chi connectivity index (χ2n) is 8.83. The first-order chi connectivity index (χ1) is 14.4. The van der Waals surface area contributed by atoms with Crippen LogP contribution in [0, 0.1) is 6.92 Å². The average molecular weight is 409 g/mol. The molecule has 0 radical (unpaired) electrons. The van der Waals surface area contributed by atoms with Gasteiger partial charge >= 0.3 is 0 Å². The lowest BCUT2D eigenvalue weighted by Crippen LogP contribution is -2.36. The Kier molecular flexibility index (Phi) is 7.92. The van der Waals surface area contributed by atoms with Crippen molar-refractivity contribution in [2.24, 2.45) is 0 Å². The molecule has 0 bridgehead atoms. The molecule has 1 saturated heterocycles. The van der Waals surface area contributed by atoms with E-state index < -0.39 is 6.10 Å². The summed E-state index contributed by atoms with van der Waals surface area (Å²) >= 11 is 0. The summed E-state index contributed by atoms with van der Waals surface area (Å²) < 4.78 is 6.02. The fourth-order valence-corrected chi connectivity index (χ4v) is 3.94. The van der Waals surface area contributed by atoms with Crippen LogP contribution in [-0.2, 0) is 17.9 Å². The molecule has 1 atom stereocenters. The van der Waals surface area contributed by atoms with Gasteiger partial charge in [-0.05, 0) is 74.0 Å². The van der Waals surface area contributed by atoms with Crippen molar-refractivity contribution in [2.45, 2.75) is 72.1 Å². The van der Waals surface area contributed by atoms with Crippen molar-refractivity contribution in [1.29, 1.82) is 0 Å². The van der Waals surface area contributed by atoms with Crippen LogP contribution in [0.3, 0.4) is 0 Å². The number of nitrogens with zero attached hydrogens (tertiary/aromatic N) is 1. The molecule has 0 saturated carbocycles. The Hall–Kier alpha value is -2.33. The van der Waals surface area contributed by atoms with Crippen molar-refractivity contribution in [1.82, 2.24) is 10.2 Å². The van der Waals surface area contributed by atoms with Crippen LogP contribution >= 0.6 is 0 Å². The molecule has 2 aromatic carbocycles. The predicted molar refractivity (Wildman–Crippen MR) is 123 cm³/mol. The lowest BCUT2D eigenvalue weighted by atomic mass is 10.0. The summed E-state index contributed by atoms with van der Waals surface area (Å²) in [5, 5.41) is 3.01. The SMILES string of the molecule is Cc1ccc(C(C)C)c(OC(C)C(=O)NCc2ccc(CN3CCCCC3)cc2)c1. The smallest absolute Gasteiger partial charge is 0.261 e. The normalized spacial score (nSPS) is 15.8. The number of carbonyl (C=O) groups is 1. The summed E-state index contributed by atoms with van der Waals surface area (Å²) in [6.07, 6.45) is 3.44. The fourth-order valence-electron chi connectivity index (χ4n) is 3.94. The van der Waals surface area contributed by atoms with E-state index in [2.05, 4.69) is 60.5 Å². The van der Waals surface area contributed by atoms with Gasteiger partial charge in [0.2, 0.25) is 0 Å². The summed E-state index contributed by atoms with van der Waals surface area (Å²) in [6.45, 7) is 12.1. The number of amides is 1. The van der Waals surface area contributed by atoms with E-state index >= 15 is 0 Å². The Morgan fingerprint density at radius 3 is 2.33 bits per heavy atom. The molecular weight excluding hydrogens is 372 g/mol. The molecule has 1 heterocycles. The topological polar surface area (TPSA) is 41.6 Å². The highest BCUT2D eigenvalue weighted by molar-refractivity contribution is 5.80. The van der Waals surface area contributed by atoms with Crippen molar-refractivity contribution in [3.05, 3.63) is 64.7 Å². The van der Waals surface area contributed by atoms with E-state index in [-0.39, 0.29) is 5.91 Å². The standard InChI is InChI=1S/C26H36N2O2/c1-19(2)24-13-8-20(3)16-25(24)30-21(4)26(29)27-17-22-9-11-23(12-10-22)18-28-14-6-5-7-15-28/h8-13,16,19,21H,5-7,14-15,17-18H2,1-4H3,(H,27,29). The first-order valence-electron chi connectivity index (χ1n) is 11.3. The monoisotopic (exact) mass is 408 g/mol. The number of nitrogens with one attached hydrogen (secondary N) is 1. The van der Waals surface area contributed by atoms with Crippen LogP contribution in [-0.4, -0.2) is 30.0 Å². The van der Waals surface area contributed by atoms with Crippen LogP contribution in [0.25, 0.3) is 0 Å². The highest BCUT2D eigenvalue weighted by atomic mass is 16.5. The maximum Gasteiger partial charge on any atom is 0.261 e. The third-order valence-corrected chi connectivity index (χ3v) is 5.81. The molecule has 3 rings (SSSR count). The predicted octanol–water partition coefficient (Wildman–Crippen LogP) is 5.19. The summed E-state index contributed by atoms with van der Waals surface area (Å²) in [5.74, 6) is 1.05. The van der Waals surface area contributed by atoms with Gasteiger partial charge in [-0.25, -0.2) is 0 Å². The van der Waals surface area contributed by atoms with Gasteiger partial charge in [0.05, 0.1) is 0 Å². The minimum atomic E-state index is -0.539. The van der Waals surface area contributed by atoms with Crippen LogP contribution in [0.1, 0.15) is 68.2 Å². The largest absolute Gasteiger partial charge is 0.481 e. The number of benzene rings is 2. The lowest BCUT2D eigenvalue weighted by Gasteiger charge is -2.26. The fraction of sp³-hybridized carbons (Fsp3) is 0.500. The van der Waals surface area contributed by atoms with Crippen LogP contribution < -0.4 is 10.1 Å². The molecule has 1 aliphatic rings. The van der Waals surface area contributed by atoms with Crippen LogP contribution in [0.15, 0.2) is 42.5 Å². The Morgan fingerprint density at radius 2 is 1.67 bits per heavy atom. The second-order valence-corrected chi connectivity index (χ2v) is 8.83. The zero-order valence-electron chi connectivity index (χ0n) is 18.9. The molecule has 4 nitrogen and oxygen atoms in total. The Bertz CT molecular complexity index is 823. The van der Waals surface area contributed by atoms with E-state index in [4.69, 9.17) is 4.74 Å². The Morgan fingerprint density at radius 1 is 1.00 bits per heavy atom. The van der Waals surface area contributed by atoms with E-state index in [9.17, 15) is 4.79 Å². The Labute approximate surface area is 181 Å². The van der Waals surface area contributed by atoms with Crippen molar-refractivity contribution < 1.29 is 9.53 Å². The molecule has 1 unspecified atom stereocenters. The van der Waals surface area contributed by atoms with Gasteiger partial charge in [-0.3, -0.25) is 9.69 Å². The Balaban J connectivity index is 1.50. The average Bonchev–Trinajstić information content (AvgIpc) is 2.73. The van der Waals surface area contributed by atoms with E-state index in [1.807, 2.05) is 19.9 Å². The number of piperidine rings is 1. The summed E-state index contributed by atoms with van der Waals surface area (Å²) in [6, 6.07) is 14.8.